The molecule has 6 nitrogen and oxygen atoms in total. The summed E-state index contributed by atoms with van der Waals surface area (Å²) < 4.78 is 13.5. The number of pyridine rings is 1. The molecule has 0 aliphatic carbocycles. The second kappa shape index (κ2) is 7.75. The number of aromatic nitrogens is 3. The summed E-state index contributed by atoms with van der Waals surface area (Å²) in [6.45, 7) is 0. The number of para-hydroxylation sites is 1. The number of rotatable bonds is 3. The average molecular weight is 453 g/mol. The van der Waals surface area contributed by atoms with E-state index in [4.69, 9.17) is 17.2 Å². The summed E-state index contributed by atoms with van der Waals surface area (Å²) in [7, 11) is 0. The Kier molecular flexibility index (Phi) is 4.58. The van der Waals surface area contributed by atoms with Crippen LogP contribution in [-0.2, 0) is 0 Å². The molecular weight excluding hydrogens is 435 g/mol. The summed E-state index contributed by atoms with van der Waals surface area (Å²) in [4.78, 5) is 18.7. The van der Waals surface area contributed by atoms with Crippen LogP contribution in [0.15, 0.2) is 90.3 Å². The maximum absolute atomic E-state index is 13.5. The minimum Gasteiger partial charge on any atom is -0.345 e. The number of nitrogens with one attached hydrogen (secondary N) is 2. The lowest BCUT2D eigenvalue weighted by atomic mass is 9.99. The normalized spacial score (nSPS) is 15.9. The van der Waals surface area contributed by atoms with Crippen LogP contribution in [0.25, 0.3) is 21.9 Å². The third kappa shape index (κ3) is 3.41. The first-order chi connectivity index (χ1) is 16.2. The van der Waals surface area contributed by atoms with Gasteiger partial charge in [0.2, 0.25) is 5.11 Å². The fourth-order valence-electron chi connectivity index (χ4n) is 4.20. The van der Waals surface area contributed by atoms with Gasteiger partial charge in [0, 0.05) is 23.0 Å². The van der Waals surface area contributed by atoms with Crippen LogP contribution in [0.1, 0.15) is 11.6 Å². The summed E-state index contributed by atoms with van der Waals surface area (Å²) in [5.41, 5.74) is 5.31. The van der Waals surface area contributed by atoms with Crippen molar-refractivity contribution < 1.29 is 4.39 Å². The minimum absolute atomic E-state index is 0.296. The fourth-order valence-corrected chi connectivity index (χ4v) is 4.51. The molecule has 2 aromatic heterocycles. The molecule has 0 amide bonds. The Morgan fingerprint density at radius 1 is 0.939 bits per heavy atom. The Hall–Kier alpha value is -4.17. The Balaban J connectivity index is 1.51. The summed E-state index contributed by atoms with van der Waals surface area (Å²) in [5, 5.41) is 4.80. The van der Waals surface area contributed by atoms with Crippen LogP contribution in [0.5, 0.6) is 0 Å². The summed E-state index contributed by atoms with van der Waals surface area (Å²) >= 11 is 5.74. The van der Waals surface area contributed by atoms with Crippen molar-refractivity contribution in [2.45, 2.75) is 6.04 Å². The Labute approximate surface area is 193 Å². The number of aliphatic imine (C=N–C) groups is 1. The van der Waals surface area contributed by atoms with Crippen LogP contribution >= 0.6 is 12.2 Å². The minimum atomic E-state index is -0.323. The van der Waals surface area contributed by atoms with Gasteiger partial charge in [0.1, 0.15) is 17.7 Å². The average Bonchev–Trinajstić information content (AvgIpc) is 3.43. The lowest BCUT2D eigenvalue weighted by molar-refractivity contribution is 0.628. The summed E-state index contributed by atoms with van der Waals surface area (Å²) in [5.74, 6) is 0.364. The van der Waals surface area contributed by atoms with E-state index in [0.29, 0.717) is 10.9 Å². The topological polar surface area (TPSA) is 69.2 Å². The van der Waals surface area contributed by atoms with E-state index in [-0.39, 0.29) is 11.9 Å². The zero-order chi connectivity index (χ0) is 22.4. The quantitative estimate of drug-likeness (QED) is 0.349. The van der Waals surface area contributed by atoms with Crippen molar-refractivity contribution in [3.8, 4) is 0 Å². The van der Waals surface area contributed by atoms with Crippen LogP contribution in [0.4, 0.5) is 15.8 Å². The molecule has 5 aromatic rings. The molecule has 3 heterocycles. The van der Waals surface area contributed by atoms with Gasteiger partial charge in [0.05, 0.1) is 22.9 Å². The Morgan fingerprint density at radius 3 is 2.67 bits per heavy atom. The number of nitrogens with zero attached hydrogens (tertiary/aromatic N) is 4. The van der Waals surface area contributed by atoms with E-state index in [1.165, 1.54) is 12.1 Å². The largest absolute Gasteiger partial charge is 0.345 e. The highest BCUT2D eigenvalue weighted by atomic mass is 32.1. The van der Waals surface area contributed by atoms with Gasteiger partial charge >= 0.3 is 0 Å². The molecule has 3 aromatic carbocycles. The van der Waals surface area contributed by atoms with Crippen molar-refractivity contribution >= 4 is 56.5 Å². The zero-order valence-corrected chi connectivity index (χ0v) is 18.1. The predicted molar refractivity (Wildman–Crippen MR) is 133 cm³/mol. The van der Waals surface area contributed by atoms with Crippen molar-refractivity contribution in [3.05, 3.63) is 96.7 Å². The molecular formula is C25H17FN6S. The van der Waals surface area contributed by atoms with E-state index in [0.717, 1.165) is 38.9 Å². The second-order valence-electron chi connectivity index (χ2n) is 7.71. The van der Waals surface area contributed by atoms with Crippen molar-refractivity contribution in [2.24, 2.45) is 4.99 Å². The molecule has 33 heavy (non-hydrogen) atoms. The monoisotopic (exact) mass is 452 g/mol. The molecule has 1 aliphatic heterocycles. The van der Waals surface area contributed by atoms with Crippen LogP contribution in [0.3, 0.4) is 0 Å². The molecule has 0 spiro atoms. The molecule has 1 unspecified atom stereocenters. The van der Waals surface area contributed by atoms with Gasteiger partial charge in [0.15, 0.2) is 0 Å². The molecule has 0 saturated carbocycles. The third-order valence-corrected chi connectivity index (χ3v) is 6.00. The lowest BCUT2D eigenvalue weighted by Crippen LogP contribution is -2.33. The maximum Gasteiger partial charge on any atom is 0.202 e. The van der Waals surface area contributed by atoms with Crippen LogP contribution in [-0.4, -0.2) is 25.9 Å². The number of hydrogen-bond acceptors (Lipinski definition) is 4. The smallest absolute Gasteiger partial charge is 0.202 e. The number of hydrogen-bond donors (Lipinski definition) is 2. The van der Waals surface area contributed by atoms with E-state index >= 15 is 0 Å². The highest BCUT2D eigenvalue weighted by molar-refractivity contribution is 7.80. The molecule has 160 valence electrons. The summed E-state index contributed by atoms with van der Waals surface area (Å²) in [6, 6.07) is 21.8. The Bertz CT molecular complexity index is 1540. The van der Waals surface area contributed by atoms with Gasteiger partial charge in [-0.05, 0) is 72.4 Å². The fraction of sp³-hybridized carbons (Fsp3) is 0.0400. The molecule has 1 aliphatic rings. The molecule has 8 heteroatoms. The van der Waals surface area contributed by atoms with Gasteiger partial charge in [-0.1, -0.05) is 18.2 Å². The number of benzene rings is 3. The van der Waals surface area contributed by atoms with Gasteiger partial charge in [-0.15, -0.1) is 0 Å². The standard InChI is InChI=1S/C25H17FN6S/c26-15-5-7-16(8-6-15)30-24-23(19-11-12-27-20-4-2-1-3-18(19)20)32(25(33)31-24)17-9-10-21-22(13-17)29-14-28-21/h1-14,23H,(H,28,29)(H,30,31,33). The van der Waals surface area contributed by atoms with Crippen molar-refractivity contribution in [3.63, 3.8) is 0 Å². The van der Waals surface area contributed by atoms with E-state index in [1.807, 2.05) is 53.4 Å². The van der Waals surface area contributed by atoms with E-state index in [9.17, 15) is 4.39 Å². The van der Waals surface area contributed by atoms with Crippen LogP contribution in [0, 0.1) is 5.82 Å². The predicted octanol–water partition coefficient (Wildman–Crippen LogP) is 5.61. The molecule has 0 bridgehead atoms. The molecule has 2 N–H and O–H groups in total. The molecule has 0 saturated heterocycles. The highest BCUT2D eigenvalue weighted by Crippen LogP contribution is 2.37. The van der Waals surface area contributed by atoms with Gasteiger partial charge in [-0.3, -0.25) is 4.98 Å². The molecule has 6 rings (SSSR count). The number of fused-ring (bicyclic) bond motifs is 2. The van der Waals surface area contributed by atoms with E-state index in [1.54, 1.807) is 24.7 Å². The third-order valence-electron chi connectivity index (χ3n) is 5.72. The number of thiocarbonyl (C=S) groups is 1. The van der Waals surface area contributed by atoms with E-state index < -0.39 is 0 Å². The zero-order valence-electron chi connectivity index (χ0n) is 17.2. The van der Waals surface area contributed by atoms with Gasteiger partial charge in [-0.2, -0.15) is 0 Å². The molecule has 1 atom stereocenters. The van der Waals surface area contributed by atoms with Crippen molar-refractivity contribution in [1.29, 1.82) is 0 Å². The number of aromatic amines is 1. The van der Waals surface area contributed by atoms with Crippen LogP contribution < -0.4 is 10.2 Å². The second-order valence-corrected chi connectivity index (χ2v) is 8.07. The first-order valence-corrected chi connectivity index (χ1v) is 10.8. The van der Waals surface area contributed by atoms with E-state index in [2.05, 4.69) is 20.3 Å². The van der Waals surface area contributed by atoms with Crippen molar-refractivity contribution in [1.82, 2.24) is 15.0 Å². The van der Waals surface area contributed by atoms with Gasteiger partial charge in [0.25, 0.3) is 0 Å². The molecule has 0 fully saturated rings. The number of anilines is 2. The van der Waals surface area contributed by atoms with Crippen LogP contribution in [0.2, 0.25) is 0 Å². The molecule has 0 radical (unpaired) electrons. The Morgan fingerprint density at radius 2 is 1.79 bits per heavy atom. The number of amidine groups is 1. The first-order valence-electron chi connectivity index (χ1n) is 10.4. The summed E-state index contributed by atoms with van der Waals surface area (Å²) in [6.07, 6.45) is 3.47. The highest BCUT2D eigenvalue weighted by Gasteiger charge is 2.36. The number of H-pyrrole nitrogens is 1. The van der Waals surface area contributed by atoms with Gasteiger partial charge in [-0.25, -0.2) is 14.4 Å². The maximum atomic E-state index is 13.5. The van der Waals surface area contributed by atoms with Crippen molar-refractivity contribution in [2.75, 3.05) is 10.2 Å². The SMILES string of the molecule is Fc1ccc(NC2=NC(=S)N(c3ccc4nc[nH]c4c3)C2c2ccnc3ccccc23)cc1. The van der Waals surface area contributed by atoms with Gasteiger partial charge < -0.3 is 15.2 Å². The lowest BCUT2D eigenvalue weighted by Gasteiger charge is -2.28. The number of halogens is 1. The first kappa shape index (κ1) is 19.5. The number of imidazole rings is 1.